The number of unbranched alkanes of at least 4 members (excludes halogenated alkanes) is 8. The molecule has 4 aliphatic carbocycles. The van der Waals surface area contributed by atoms with Gasteiger partial charge in [-0.05, 0) is 104 Å². The minimum atomic E-state index is -0.803. The number of esters is 1. The molecule has 3 saturated carbocycles. The summed E-state index contributed by atoms with van der Waals surface area (Å²) in [7, 11) is 0. The summed E-state index contributed by atoms with van der Waals surface area (Å²) < 4.78 is 13.8. The van der Waals surface area contributed by atoms with Gasteiger partial charge in [0.05, 0.1) is 0 Å². The fourth-order valence-electron chi connectivity index (χ4n) is 12.7. The van der Waals surface area contributed by atoms with Crippen molar-refractivity contribution >= 4 is 5.97 Å². The largest absolute Gasteiger partial charge is 0.462 e. The van der Waals surface area contributed by atoms with E-state index in [-0.39, 0.29) is 17.5 Å². The molecule has 9 atom stereocenters. The topological polar surface area (TPSA) is 55.6 Å². The van der Waals surface area contributed by atoms with E-state index in [0.29, 0.717) is 31.3 Å². The number of nitrogens with zero attached hydrogens (tertiary/aromatic N) is 1. The molecule has 4 fully saturated rings. The third-order valence-corrected chi connectivity index (χ3v) is 15.8. The summed E-state index contributed by atoms with van der Waals surface area (Å²) in [6.07, 6.45) is 30.4. The summed E-state index contributed by atoms with van der Waals surface area (Å²) in [5.74, 6) is 4.95. The molecule has 52 heavy (non-hydrogen) atoms. The Hall–Kier alpha value is -1.23. The van der Waals surface area contributed by atoms with Crippen LogP contribution >= 0.6 is 0 Å². The first kappa shape index (κ1) is 41.9. The molecule has 0 spiro atoms. The molecule has 0 aromatic rings. The van der Waals surface area contributed by atoms with E-state index in [1.54, 1.807) is 5.57 Å². The van der Waals surface area contributed by atoms with Crippen LogP contribution in [0.25, 0.3) is 0 Å². The Morgan fingerprint density at radius 1 is 0.846 bits per heavy atom. The van der Waals surface area contributed by atoms with Crippen molar-refractivity contribution in [3.05, 3.63) is 16.6 Å². The van der Waals surface area contributed by atoms with Crippen molar-refractivity contribution in [2.45, 2.75) is 227 Å². The maximum Gasteiger partial charge on any atom is 0.315 e. The van der Waals surface area contributed by atoms with E-state index in [1.165, 1.54) is 101 Å². The summed E-state index contributed by atoms with van der Waals surface area (Å²) in [4.78, 5) is 26.8. The van der Waals surface area contributed by atoms with Gasteiger partial charge in [-0.1, -0.05) is 124 Å². The van der Waals surface area contributed by atoms with Gasteiger partial charge >= 0.3 is 11.7 Å². The maximum absolute atomic E-state index is 13.5. The number of allylic oxidation sites excluding steroid dienone is 1. The molecule has 0 N–H and O–H groups in total. The van der Waals surface area contributed by atoms with Crippen LogP contribution in [-0.4, -0.2) is 34.7 Å². The summed E-state index contributed by atoms with van der Waals surface area (Å²) in [5, 5.41) is 0. The van der Waals surface area contributed by atoms with E-state index in [9.17, 15) is 9.70 Å². The monoisotopic (exact) mass is 725 g/mol. The van der Waals surface area contributed by atoms with Gasteiger partial charge < -0.3 is 9.47 Å². The zero-order valence-corrected chi connectivity index (χ0v) is 35.4. The second-order valence-electron chi connectivity index (χ2n) is 20.4. The molecule has 0 amide bonds. The highest BCUT2D eigenvalue weighted by atomic mass is 16.6. The highest BCUT2D eigenvalue weighted by Crippen LogP contribution is 2.67. The van der Waals surface area contributed by atoms with Gasteiger partial charge in [-0.15, -0.1) is 0 Å². The molecular formula is C47H82NO4+. The van der Waals surface area contributed by atoms with Crippen molar-refractivity contribution in [2.75, 3.05) is 6.61 Å². The predicted octanol–water partition coefficient (Wildman–Crippen LogP) is 13.3. The number of fused-ring (bicyclic) bond motifs is 5. The standard InChI is InChI=1S/C47H82NO4/c1-9-10-11-12-13-14-15-16-17-29-47(48(50)44(5,6)34-51-47)30-19-22-43(49)52-38-27-31-45(7)37(33-38)23-24-39-41-26-25-40(36(4)21-18-20-35(2)3)46(41,8)32-28-42(39)45/h23,35-36,38-42H,9-22,24-34H2,1-8H3/q+1. The molecule has 5 nitrogen and oxygen atoms in total. The summed E-state index contributed by atoms with van der Waals surface area (Å²) in [6.45, 7) is 19.3. The Kier molecular flexibility index (Phi) is 14.6. The van der Waals surface area contributed by atoms with Gasteiger partial charge in [0.1, 0.15) is 12.7 Å². The zero-order chi connectivity index (χ0) is 37.6. The van der Waals surface area contributed by atoms with E-state index >= 15 is 0 Å². The smallest absolute Gasteiger partial charge is 0.315 e. The lowest BCUT2D eigenvalue weighted by atomic mass is 9.47. The Balaban J connectivity index is 1.09. The first-order valence-electron chi connectivity index (χ1n) is 22.8. The van der Waals surface area contributed by atoms with E-state index < -0.39 is 11.3 Å². The molecule has 0 aromatic carbocycles. The average molecular weight is 725 g/mol. The number of carbonyl (C=O) groups is 1. The molecular weight excluding hydrogens is 643 g/mol. The Bertz CT molecular complexity index is 1210. The SMILES string of the molecule is CCCCCCCCCCCC1(CCCC(=O)OC2CCC3(C)C(=CCC4C3CCC3(C)C(C(C)CCCC(C)C)CCC43)C2)OCC(C)(C)[N+]1=O. The van der Waals surface area contributed by atoms with Gasteiger partial charge in [-0.2, -0.15) is 0 Å². The van der Waals surface area contributed by atoms with Crippen molar-refractivity contribution < 1.29 is 19.0 Å². The second kappa shape index (κ2) is 18.1. The highest BCUT2D eigenvalue weighted by Gasteiger charge is 2.61. The third-order valence-electron chi connectivity index (χ3n) is 15.8. The van der Waals surface area contributed by atoms with Crippen LogP contribution in [0.2, 0.25) is 0 Å². The molecule has 5 aliphatic rings. The lowest BCUT2D eigenvalue weighted by Gasteiger charge is -2.58. The Morgan fingerprint density at radius 2 is 1.54 bits per heavy atom. The van der Waals surface area contributed by atoms with Crippen molar-refractivity contribution in [2.24, 2.45) is 46.3 Å². The summed E-state index contributed by atoms with van der Waals surface area (Å²) >= 11 is 0. The number of hydrogen-bond acceptors (Lipinski definition) is 4. The Morgan fingerprint density at radius 3 is 2.21 bits per heavy atom. The fraction of sp³-hybridized carbons (Fsp3) is 0.936. The van der Waals surface area contributed by atoms with Crippen LogP contribution in [0.5, 0.6) is 0 Å². The molecule has 1 heterocycles. The molecule has 298 valence electrons. The van der Waals surface area contributed by atoms with Crippen LogP contribution in [0.15, 0.2) is 11.6 Å². The van der Waals surface area contributed by atoms with Crippen molar-refractivity contribution in [3.8, 4) is 0 Å². The van der Waals surface area contributed by atoms with Crippen LogP contribution in [0, 0.1) is 51.2 Å². The van der Waals surface area contributed by atoms with E-state index in [1.807, 2.05) is 13.8 Å². The number of carbonyl (C=O) groups excluding carboxylic acids is 1. The fourth-order valence-corrected chi connectivity index (χ4v) is 12.7. The number of ether oxygens (including phenoxy) is 2. The van der Waals surface area contributed by atoms with Crippen molar-refractivity contribution in [1.82, 2.24) is 0 Å². The lowest BCUT2D eigenvalue weighted by Crippen LogP contribution is -2.51. The van der Waals surface area contributed by atoms with Gasteiger partial charge in [0.2, 0.25) is 5.54 Å². The van der Waals surface area contributed by atoms with Crippen LogP contribution in [0.3, 0.4) is 0 Å². The van der Waals surface area contributed by atoms with Crippen LogP contribution in [-0.2, 0) is 14.3 Å². The van der Waals surface area contributed by atoms with Gasteiger partial charge in [-0.3, -0.25) is 4.79 Å². The third kappa shape index (κ3) is 9.41. The van der Waals surface area contributed by atoms with Crippen molar-refractivity contribution in [1.29, 1.82) is 0 Å². The van der Waals surface area contributed by atoms with Crippen LogP contribution < -0.4 is 0 Å². The minimum absolute atomic E-state index is 0.00613. The number of nitroso groups, excluding NO2 is 1. The molecule has 5 heteroatoms. The summed E-state index contributed by atoms with van der Waals surface area (Å²) in [5.41, 5.74) is 1.04. The first-order chi connectivity index (χ1) is 24.8. The quantitative estimate of drug-likeness (QED) is 0.0543. The molecule has 5 rings (SSSR count). The molecule has 0 bridgehead atoms. The second-order valence-corrected chi connectivity index (χ2v) is 20.4. The van der Waals surface area contributed by atoms with Gasteiger partial charge in [0.15, 0.2) is 0 Å². The van der Waals surface area contributed by atoms with Gasteiger partial charge in [0.25, 0.3) is 0 Å². The average Bonchev–Trinajstić information content (AvgIpc) is 3.57. The molecule has 1 aliphatic heterocycles. The first-order valence-corrected chi connectivity index (χ1v) is 22.8. The molecule has 9 unspecified atom stereocenters. The van der Waals surface area contributed by atoms with Crippen LogP contribution in [0.1, 0.15) is 209 Å². The number of rotatable bonds is 20. The van der Waals surface area contributed by atoms with Gasteiger partial charge in [-0.25, -0.2) is 0 Å². The normalized spacial score (nSPS) is 35.9. The molecule has 0 aromatic heterocycles. The van der Waals surface area contributed by atoms with E-state index in [2.05, 4.69) is 47.6 Å². The molecule has 1 saturated heterocycles. The van der Waals surface area contributed by atoms with Gasteiger partial charge in [0, 0.05) is 49.2 Å². The van der Waals surface area contributed by atoms with Crippen LogP contribution in [0.4, 0.5) is 0 Å². The lowest BCUT2D eigenvalue weighted by molar-refractivity contribution is -0.688. The van der Waals surface area contributed by atoms with E-state index in [4.69, 9.17) is 9.47 Å². The van der Waals surface area contributed by atoms with E-state index in [0.717, 1.165) is 74.0 Å². The Labute approximate surface area is 320 Å². The number of hydrogen-bond donors (Lipinski definition) is 0. The maximum atomic E-state index is 13.5. The highest BCUT2D eigenvalue weighted by molar-refractivity contribution is 5.69. The molecule has 0 radical (unpaired) electrons. The van der Waals surface area contributed by atoms with Crippen molar-refractivity contribution in [3.63, 3.8) is 0 Å². The predicted molar refractivity (Wildman–Crippen MR) is 215 cm³/mol. The zero-order valence-electron chi connectivity index (χ0n) is 35.4. The minimum Gasteiger partial charge on any atom is -0.462 e. The summed E-state index contributed by atoms with van der Waals surface area (Å²) in [6, 6.07) is 0.